The number of hydrogen-bond acceptors (Lipinski definition) is 5. The number of benzene rings is 1. The molecule has 1 aromatic carbocycles. The lowest BCUT2D eigenvalue weighted by Crippen LogP contribution is -2.11. The molecule has 19 heavy (non-hydrogen) atoms. The van der Waals surface area contributed by atoms with Gasteiger partial charge in [0.15, 0.2) is 0 Å². The van der Waals surface area contributed by atoms with Crippen molar-refractivity contribution in [2.24, 2.45) is 5.41 Å². The fraction of sp³-hybridized carbons (Fsp3) is 0.462. The molecule has 0 atom stereocenters. The summed E-state index contributed by atoms with van der Waals surface area (Å²) in [6.45, 7) is 4.66. The van der Waals surface area contributed by atoms with Gasteiger partial charge in [-0.15, -0.1) is 0 Å². The van der Waals surface area contributed by atoms with Gasteiger partial charge in [-0.1, -0.05) is 11.6 Å². The summed E-state index contributed by atoms with van der Waals surface area (Å²) in [5, 5.41) is 12.9. The zero-order chi connectivity index (χ0) is 13.9. The van der Waals surface area contributed by atoms with Gasteiger partial charge in [0.2, 0.25) is 0 Å². The minimum atomic E-state index is -0.278. The summed E-state index contributed by atoms with van der Waals surface area (Å²) < 4.78 is 8.44. The zero-order valence-electron chi connectivity index (χ0n) is 10.9. The van der Waals surface area contributed by atoms with E-state index in [1.54, 1.807) is 0 Å². The highest BCUT2D eigenvalue weighted by Crippen LogP contribution is 2.30. The average Bonchev–Trinajstić information content (AvgIpc) is 2.85. The second-order valence-electron chi connectivity index (χ2n) is 5.08. The molecule has 1 aromatic heterocycles. The SMILES string of the molecule is CC(C)(C#N)CCCNc1c(Cl)ccc2nsnc12. The maximum Gasteiger partial charge on any atom is 0.129 e. The molecule has 0 radical (unpaired) electrons. The molecule has 0 amide bonds. The van der Waals surface area contributed by atoms with E-state index in [9.17, 15) is 0 Å². The van der Waals surface area contributed by atoms with E-state index in [1.807, 2.05) is 26.0 Å². The first-order chi connectivity index (χ1) is 9.03. The molecule has 6 heteroatoms. The van der Waals surface area contributed by atoms with Crippen LogP contribution in [0.25, 0.3) is 11.0 Å². The average molecular weight is 295 g/mol. The molecular formula is C13H15ClN4S. The number of nitriles is 1. The maximum absolute atomic E-state index is 8.96. The highest BCUT2D eigenvalue weighted by atomic mass is 35.5. The molecule has 0 saturated carbocycles. The molecule has 1 N–H and O–H groups in total. The Balaban J connectivity index is 2.01. The molecule has 100 valence electrons. The molecule has 2 aromatic rings. The van der Waals surface area contributed by atoms with Crippen LogP contribution in [0, 0.1) is 16.7 Å². The van der Waals surface area contributed by atoms with E-state index in [2.05, 4.69) is 20.1 Å². The standard InChI is InChI=1S/C13H15ClN4S/c1-13(2,8-15)6-3-7-16-11-9(14)4-5-10-12(11)18-19-17-10/h4-5,16H,3,6-7H2,1-2H3. The fourth-order valence-corrected chi connectivity index (χ4v) is 2.56. The van der Waals surface area contributed by atoms with Gasteiger partial charge in [0.25, 0.3) is 0 Å². The molecule has 0 aliphatic rings. The van der Waals surface area contributed by atoms with E-state index in [-0.39, 0.29) is 5.41 Å². The molecule has 0 saturated heterocycles. The van der Waals surface area contributed by atoms with Gasteiger partial charge in [0, 0.05) is 6.54 Å². The normalized spacial score (nSPS) is 11.5. The van der Waals surface area contributed by atoms with E-state index in [0.717, 1.165) is 36.1 Å². The smallest absolute Gasteiger partial charge is 0.129 e. The predicted molar refractivity (Wildman–Crippen MR) is 79.5 cm³/mol. The van der Waals surface area contributed by atoms with Gasteiger partial charge in [-0.2, -0.15) is 14.0 Å². The van der Waals surface area contributed by atoms with Gasteiger partial charge in [0.05, 0.1) is 33.9 Å². The molecule has 0 spiro atoms. The second kappa shape index (κ2) is 5.72. The van der Waals surface area contributed by atoms with Crippen molar-refractivity contribution >= 4 is 40.0 Å². The minimum Gasteiger partial charge on any atom is -0.382 e. The van der Waals surface area contributed by atoms with Crippen LogP contribution >= 0.6 is 23.3 Å². The number of hydrogen-bond donors (Lipinski definition) is 1. The van der Waals surface area contributed by atoms with Gasteiger partial charge in [-0.05, 0) is 38.8 Å². The Morgan fingerprint density at radius 1 is 1.42 bits per heavy atom. The maximum atomic E-state index is 8.96. The van der Waals surface area contributed by atoms with Gasteiger partial charge in [-0.3, -0.25) is 0 Å². The van der Waals surface area contributed by atoms with E-state index in [4.69, 9.17) is 16.9 Å². The van der Waals surface area contributed by atoms with Crippen LogP contribution in [0.2, 0.25) is 5.02 Å². The minimum absolute atomic E-state index is 0.278. The summed E-state index contributed by atoms with van der Waals surface area (Å²) in [6.07, 6.45) is 1.75. The Kier molecular flexibility index (Phi) is 4.23. The first-order valence-corrected chi connectivity index (χ1v) is 7.20. The van der Waals surface area contributed by atoms with Crippen molar-refractivity contribution in [1.29, 1.82) is 5.26 Å². The first-order valence-electron chi connectivity index (χ1n) is 6.09. The summed E-state index contributed by atoms with van der Waals surface area (Å²) in [5.41, 5.74) is 2.23. The first kappa shape index (κ1) is 14.0. The highest BCUT2D eigenvalue weighted by molar-refractivity contribution is 7.00. The molecule has 0 fully saturated rings. The lowest BCUT2D eigenvalue weighted by molar-refractivity contribution is 0.441. The third-order valence-electron chi connectivity index (χ3n) is 2.96. The van der Waals surface area contributed by atoms with Gasteiger partial charge in [-0.25, -0.2) is 0 Å². The number of nitrogens with zero attached hydrogens (tertiary/aromatic N) is 3. The van der Waals surface area contributed by atoms with Crippen molar-refractivity contribution in [3.63, 3.8) is 0 Å². The van der Waals surface area contributed by atoms with Crippen LogP contribution in [0.15, 0.2) is 12.1 Å². The topological polar surface area (TPSA) is 61.6 Å². The molecular weight excluding hydrogens is 280 g/mol. The van der Waals surface area contributed by atoms with E-state index in [0.29, 0.717) is 5.02 Å². The van der Waals surface area contributed by atoms with E-state index >= 15 is 0 Å². The molecule has 0 aliphatic carbocycles. The summed E-state index contributed by atoms with van der Waals surface area (Å²) in [6, 6.07) is 5.99. The second-order valence-corrected chi connectivity index (χ2v) is 6.02. The molecule has 0 unspecified atom stereocenters. The third-order valence-corrected chi connectivity index (χ3v) is 3.82. The van der Waals surface area contributed by atoms with Crippen molar-refractivity contribution in [2.45, 2.75) is 26.7 Å². The Bertz CT molecular complexity index is 615. The zero-order valence-corrected chi connectivity index (χ0v) is 12.5. The van der Waals surface area contributed by atoms with Crippen molar-refractivity contribution in [3.8, 4) is 6.07 Å². The van der Waals surface area contributed by atoms with Gasteiger partial charge < -0.3 is 5.32 Å². The Morgan fingerprint density at radius 2 is 2.21 bits per heavy atom. The van der Waals surface area contributed by atoms with Crippen LogP contribution in [0.5, 0.6) is 0 Å². The van der Waals surface area contributed by atoms with Crippen molar-refractivity contribution in [2.75, 3.05) is 11.9 Å². The molecule has 1 heterocycles. The van der Waals surface area contributed by atoms with Crippen LogP contribution in [-0.4, -0.2) is 15.3 Å². The Morgan fingerprint density at radius 3 is 2.95 bits per heavy atom. The molecule has 2 rings (SSSR count). The monoisotopic (exact) mass is 294 g/mol. The molecule has 0 bridgehead atoms. The Hall–Kier alpha value is -1.38. The highest BCUT2D eigenvalue weighted by Gasteiger charge is 2.16. The number of fused-ring (bicyclic) bond motifs is 1. The van der Waals surface area contributed by atoms with Crippen molar-refractivity contribution in [1.82, 2.24) is 8.75 Å². The van der Waals surface area contributed by atoms with Gasteiger partial charge >= 0.3 is 0 Å². The van der Waals surface area contributed by atoms with Crippen LogP contribution in [0.1, 0.15) is 26.7 Å². The summed E-state index contributed by atoms with van der Waals surface area (Å²) in [4.78, 5) is 0. The lowest BCUT2D eigenvalue weighted by Gasteiger charge is -2.15. The Labute approximate surface area is 121 Å². The van der Waals surface area contributed by atoms with E-state index < -0.39 is 0 Å². The van der Waals surface area contributed by atoms with Crippen LogP contribution in [-0.2, 0) is 0 Å². The molecule has 0 aliphatic heterocycles. The van der Waals surface area contributed by atoms with Crippen LogP contribution in [0.4, 0.5) is 5.69 Å². The van der Waals surface area contributed by atoms with E-state index in [1.165, 1.54) is 11.7 Å². The molecule has 4 nitrogen and oxygen atoms in total. The summed E-state index contributed by atoms with van der Waals surface area (Å²) in [5.74, 6) is 0. The fourth-order valence-electron chi connectivity index (χ4n) is 1.79. The largest absolute Gasteiger partial charge is 0.382 e. The van der Waals surface area contributed by atoms with Gasteiger partial charge in [0.1, 0.15) is 11.0 Å². The number of halogens is 1. The number of rotatable bonds is 5. The van der Waals surface area contributed by atoms with Crippen LogP contribution < -0.4 is 5.32 Å². The lowest BCUT2D eigenvalue weighted by atomic mass is 9.90. The quantitative estimate of drug-likeness (QED) is 0.844. The number of anilines is 1. The predicted octanol–water partition coefficient (Wildman–Crippen LogP) is 4.09. The third kappa shape index (κ3) is 3.34. The number of nitrogens with one attached hydrogen (secondary N) is 1. The number of aromatic nitrogens is 2. The summed E-state index contributed by atoms with van der Waals surface area (Å²) in [7, 11) is 0. The van der Waals surface area contributed by atoms with Crippen LogP contribution in [0.3, 0.4) is 0 Å². The van der Waals surface area contributed by atoms with Crippen molar-refractivity contribution in [3.05, 3.63) is 17.2 Å². The summed E-state index contributed by atoms with van der Waals surface area (Å²) >= 11 is 7.36. The van der Waals surface area contributed by atoms with Crippen molar-refractivity contribution < 1.29 is 0 Å².